The summed E-state index contributed by atoms with van der Waals surface area (Å²) in [4.78, 5) is 1.36. The van der Waals surface area contributed by atoms with E-state index in [0.717, 1.165) is 12.3 Å². The third kappa shape index (κ3) is 3.73. The van der Waals surface area contributed by atoms with Gasteiger partial charge in [0.2, 0.25) is 0 Å². The van der Waals surface area contributed by atoms with E-state index >= 15 is 0 Å². The summed E-state index contributed by atoms with van der Waals surface area (Å²) in [5, 5.41) is 3.57. The van der Waals surface area contributed by atoms with E-state index in [0.29, 0.717) is 12.1 Å². The molecular weight excluding hydrogens is 228 g/mol. The van der Waals surface area contributed by atoms with Crippen LogP contribution < -0.4 is 11.1 Å². The molecule has 2 rings (SSSR count). The Labute approximate surface area is 108 Å². The van der Waals surface area contributed by atoms with Crippen molar-refractivity contribution in [1.29, 1.82) is 0 Å². The lowest BCUT2D eigenvalue weighted by Crippen LogP contribution is -2.40. The van der Waals surface area contributed by atoms with Crippen molar-refractivity contribution in [1.82, 2.24) is 5.32 Å². The van der Waals surface area contributed by atoms with Crippen LogP contribution in [0.25, 0.3) is 0 Å². The average molecular weight is 250 g/mol. The topological polar surface area (TPSA) is 38.0 Å². The molecule has 2 unspecified atom stereocenters. The third-order valence-corrected chi connectivity index (χ3v) is 4.27. The van der Waals surface area contributed by atoms with Crippen molar-refractivity contribution in [2.75, 3.05) is 5.75 Å². The summed E-state index contributed by atoms with van der Waals surface area (Å²) in [5.41, 5.74) is 7.39. The molecule has 1 aliphatic carbocycles. The van der Waals surface area contributed by atoms with Crippen molar-refractivity contribution in [2.24, 2.45) is 5.73 Å². The molecule has 0 aliphatic heterocycles. The Balaban J connectivity index is 1.82. The molecule has 0 amide bonds. The quantitative estimate of drug-likeness (QED) is 0.789. The van der Waals surface area contributed by atoms with Crippen molar-refractivity contribution in [2.45, 2.75) is 49.7 Å². The van der Waals surface area contributed by atoms with E-state index < -0.39 is 0 Å². The monoisotopic (exact) mass is 250 g/mol. The second-order valence-electron chi connectivity index (χ2n) is 4.66. The highest BCUT2D eigenvalue weighted by Crippen LogP contribution is 2.19. The normalized spacial score (nSPS) is 24.1. The van der Waals surface area contributed by atoms with Gasteiger partial charge in [-0.1, -0.05) is 25.5 Å². The van der Waals surface area contributed by atoms with E-state index in [1.54, 1.807) is 0 Å². The van der Waals surface area contributed by atoms with Crippen molar-refractivity contribution in [3.8, 4) is 0 Å². The second-order valence-corrected chi connectivity index (χ2v) is 6.00. The van der Waals surface area contributed by atoms with Gasteiger partial charge in [-0.2, -0.15) is 0 Å². The van der Waals surface area contributed by atoms with E-state index in [-0.39, 0.29) is 0 Å². The fourth-order valence-electron chi connectivity index (χ4n) is 2.36. The van der Waals surface area contributed by atoms with Crippen LogP contribution >= 0.6 is 11.8 Å². The maximum Gasteiger partial charge on any atom is 0.0222 e. The molecule has 0 spiro atoms. The van der Waals surface area contributed by atoms with Gasteiger partial charge < -0.3 is 11.1 Å². The third-order valence-electron chi connectivity index (χ3n) is 3.37. The lowest BCUT2D eigenvalue weighted by atomic mass is 10.1. The van der Waals surface area contributed by atoms with Crippen molar-refractivity contribution >= 4 is 11.8 Å². The van der Waals surface area contributed by atoms with Gasteiger partial charge in [-0.25, -0.2) is 0 Å². The largest absolute Gasteiger partial charge is 0.326 e. The highest BCUT2D eigenvalue weighted by molar-refractivity contribution is 7.99. The van der Waals surface area contributed by atoms with E-state index in [9.17, 15) is 0 Å². The Morgan fingerprint density at radius 3 is 2.65 bits per heavy atom. The van der Waals surface area contributed by atoms with Gasteiger partial charge >= 0.3 is 0 Å². The molecule has 2 nitrogen and oxygen atoms in total. The van der Waals surface area contributed by atoms with Crippen LogP contribution in [-0.4, -0.2) is 17.8 Å². The number of nitrogens with one attached hydrogen (secondary N) is 1. The lowest BCUT2D eigenvalue weighted by Gasteiger charge is -2.17. The zero-order valence-electron chi connectivity index (χ0n) is 10.5. The minimum atomic E-state index is 0.352. The molecule has 2 atom stereocenters. The molecular formula is C14H22N2S. The van der Waals surface area contributed by atoms with Gasteiger partial charge in [-0.05, 0) is 36.3 Å². The maximum atomic E-state index is 6.04. The van der Waals surface area contributed by atoms with E-state index in [2.05, 4.69) is 36.5 Å². The molecule has 1 aromatic rings. The summed E-state index contributed by atoms with van der Waals surface area (Å²) in [6.07, 6.45) is 3.67. The Kier molecular flexibility index (Phi) is 4.89. The average Bonchev–Trinajstić information content (AvgIpc) is 2.75. The summed E-state index contributed by atoms with van der Waals surface area (Å²) in [6, 6.07) is 9.71. The fourth-order valence-corrected chi connectivity index (χ4v) is 3.02. The van der Waals surface area contributed by atoms with Gasteiger partial charge in [0.15, 0.2) is 0 Å². The lowest BCUT2D eigenvalue weighted by molar-refractivity contribution is 0.475. The SMILES string of the molecule is CCSc1ccc(CNC2CCCC2N)cc1. The minimum Gasteiger partial charge on any atom is -0.326 e. The first-order valence-corrected chi connectivity index (χ1v) is 7.49. The Hall–Kier alpha value is -0.510. The number of benzene rings is 1. The molecule has 3 N–H and O–H groups in total. The number of hydrogen-bond donors (Lipinski definition) is 2. The first-order valence-electron chi connectivity index (χ1n) is 6.50. The molecule has 3 heteroatoms. The predicted molar refractivity (Wildman–Crippen MR) is 75.3 cm³/mol. The molecule has 1 aromatic carbocycles. The fraction of sp³-hybridized carbons (Fsp3) is 0.571. The van der Waals surface area contributed by atoms with Gasteiger partial charge in [0, 0.05) is 23.5 Å². The summed E-state index contributed by atoms with van der Waals surface area (Å²) in [6.45, 7) is 3.12. The zero-order valence-corrected chi connectivity index (χ0v) is 11.3. The number of rotatable bonds is 5. The number of thioether (sulfide) groups is 1. The highest BCUT2D eigenvalue weighted by Gasteiger charge is 2.22. The van der Waals surface area contributed by atoms with Crippen LogP contribution in [0.4, 0.5) is 0 Å². The summed E-state index contributed by atoms with van der Waals surface area (Å²) < 4.78 is 0. The van der Waals surface area contributed by atoms with E-state index in [4.69, 9.17) is 5.73 Å². The zero-order chi connectivity index (χ0) is 12.1. The molecule has 17 heavy (non-hydrogen) atoms. The highest BCUT2D eigenvalue weighted by atomic mass is 32.2. The van der Waals surface area contributed by atoms with Crippen LogP contribution in [0, 0.1) is 0 Å². The van der Waals surface area contributed by atoms with Gasteiger partial charge in [-0.3, -0.25) is 0 Å². The Bertz CT molecular complexity index is 337. The van der Waals surface area contributed by atoms with Crippen LogP contribution in [-0.2, 0) is 6.54 Å². The minimum absolute atomic E-state index is 0.352. The van der Waals surface area contributed by atoms with Gasteiger partial charge in [0.1, 0.15) is 0 Å². The summed E-state index contributed by atoms with van der Waals surface area (Å²) >= 11 is 1.89. The molecule has 0 radical (unpaired) electrons. The molecule has 1 aliphatic rings. The van der Waals surface area contributed by atoms with Crippen LogP contribution in [0.2, 0.25) is 0 Å². The van der Waals surface area contributed by atoms with Crippen LogP contribution in [0.5, 0.6) is 0 Å². The predicted octanol–water partition coefficient (Wildman–Crippen LogP) is 2.77. The molecule has 0 heterocycles. The Morgan fingerprint density at radius 2 is 2.06 bits per heavy atom. The van der Waals surface area contributed by atoms with Crippen LogP contribution in [0.15, 0.2) is 29.2 Å². The Morgan fingerprint density at radius 1 is 1.29 bits per heavy atom. The maximum absolute atomic E-state index is 6.04. The van der Waals surface area contributed by atoms with Crippen molar-refractivity contribution < 1.29 is 0 Å². The number of hydrogen-bond acceptors (Lipinski definition) is 3. The van der Waals surface area contributed by atoms with E-state index in [1.807, 2.05) is 11.8 Å². The first-order chi connectivity index (χ1) is 8.29. The smallest absolute Gasteiger partial charge is 0.0222 e. The molecule has 0 saturated heterocycles. The van der Waals surface area contributed by atoms with Gasteiger partial charge in [0.25, 0.3) is 0 Å². The molecule has 0 bridgehead atoms. The van der Waals surface area contributed by atoms with E-state index in [1.165, 1.54) is 29.7 Å². The van der Waals surface area contributed by atoms with Gasteiger partial charge in [0.05, 0.1) is 0 Å². The summed E-state index contributed by atoms with van der Waals surface area (Å²) in [7, 11) is 0. The van der Waals surface area contributed by atoms with Crippen LogP contribution in [0.1, 0.15) is 31.7 Å². The molecule has 1 saturated carbocycles. The van der Waals surface area contributed by atoms with Gasteiger partial charge in [-0.15, -0.1) is 11.8 Å². The van der Waals surface area contributed by atoms with Crippen molar-refractivity contribution in [3.63, 3.8) is 0 Å². The van der Waals surface area contributed by atoms with Crippen LogP contribution in [0.3, 0.4) is 0 Å². The molecule has 94 valence electrons. The number of nitrogens with two attached hydrogens (primary N) is 1. The van der Waals surface area contributed by atoms with Crippen molar-refractivity contribution in [3.05, 3.63) is 29.8 Å². The molecule has 1 fully saturated rings. The molecule has 0 aromatic heterocycles. The standard InChI is InChI=1S/C14H22N2S/c1-2-17-12-8-6-11(7-9-12)10-16-14-5-3-4-13(14)15/h6-9,13-14,16H,2-5,10,15H2,1H3. The first kappa shape index (κ1) is 12.9. The second kappa shape index (κ2) is 6.43. The summed E-state index contributed by atoms with van der Waals surface area (Å²) in [5.74, 6) is 1.13.